The minimum absolute atomic E-state index is 0.539. The monoisotopic (exact) mass is 293 g/mol. The fourth-order valence-electron chi connectivity index (χ4n) is 1.22. The average Bonchev–Trinajstić information content (AvgIpc) is 2.87. The van der Waals surface area contributed by atoms with Crippen LogP contribution in [0.5, 0.6) is 0 Å². The van der Waals surface area contributed by atoms with Gasteiger partial charge in [-0.05, 0) is 23.9 Å². The van der Waals surface area contributed by atoms with Crippen molar-refractivity contribution in [2.75, 3.05) is 25.6 Å². The summed E-state index contributed by atoms with van der Waals surface area (Å²) in [6.07, 6.45) is 1.65. The summed E-state index contributed by atoms with van der Waals surface area (Å²) in [7, 11) is 1.65. The summed E-state index contributed by atoms with van der Waals surface area (Å²) in [6.45, 7) is 1.30. The van der Waals surface area contributed by atoms with E-state index in [0.717, 1.165) is 9.47 Å². The molecule has 0 aromatic carbocycles. The lowest BCUT2D eigenvalue weighted by molar-refractivity contribution is 0.211. The Morgan fingerprint density at radius 1 is 1.53 bits per heavy atom. The van der Waals surface area contributed by atoms with Crippen molar-refractivity contribution in [2.45, 2.75) is 9.37 Å². The standard InChI is InChI=1S/C11H11N5OS2/c1-17-6-5-14-10-15-16-11(19-10)18-9-8(7-12)3-2-4-13-9/h2-4H,5-6H2,1H3,(H,14,15). The van der Waals surface area contributed by atoms with E-state index in [1.165, 1.54) is 23.1 Å². The summed E-state index contributed by atoms with van der Waals surface area (Å²) < 4.78 is 5.68. The van der Waals surface area contributed by atoms with Crippen LogP contribution in [0.15, 0.2) is 27.7 Å². The van der Waals surface area contributed by atoms with Crippen LogP contribution in [0.4, 0.5) is 5.13 Å². The van der Waals surface area contributed by atoms with Gasteiger partial charge in [-0.2, -0.15) is 5.26 Å². The van der Waals surface area contributed by atoms with Crippen molar-refractivity contribution in [3.05, 3.63) is 23.9 Å². The molecule has 0 radical (unpaired) electrons. The predicted octanol–water partition coefficient (Wildman–Crippen LogP) is 2.01. The summed E-state index contributed by atoms with van der Waals surface area (Å²) in [5.41, 5.74) is 0.539. The van der Waals surface area contributed by atoms with Gasteiger partial charge in [0.05, 0.1) is 12.2 Å². The van der Waals surface area contributed by atoms with Crippen molar-refractivity contribution in [3.63, 3.8) is 0 Å². The summed E-state index contributed by atoms with van der Waals surface area (Å²) >= 11 is 2.76. The van der Waals surface area contributed by atoms with Crippen molar-refractivity contribution < 1.29 is 4.74 Å². The van der Waals surface area contributed by atoms with Crippen LogP contribution in [-0.2, 0) is 4.74 Å². The number of hydrogen-bond donors (Lipinski definition) is 1. The molecule has 0 saturated carbocycles. The lowest BCUT2D eigenvalue weighted by atomic mass is 10.3. The molecule has 8 heteroatoms. The second kappa shape index (κ2) is 7.04. The number of nitriles is 1. The molecule has 0 amide bonds. The molecule has 2 aromatic rings. The number of nitrogens with one attached hydrogen (secondary N) is 1. The van der Waals surface area contributed by atoms with Gasteiger partial charge in [0.2, 0.25) is 5.13 Å². The van der Waals surface area contributed by atoms with Crippen LogP contribution in [0.25, 0.3) is 0 Å². The van der Waals surface area contributed by atoms with Crippen LogP contribution in [0.1, 0.15) is 5.56 Å². The normalized spacial score (nSPS) is 10.1. The van der Waals surface area contributed by atoms with Gasteiger partial charge in [-0.1, -0.05) is 11.3 Å². The highest BCUT2D eigenvalue weighted by Crippen LogP contribution is 2.32. The first-order valence-corrected chi connectivity index (χ1v) is 7.06. The van der Waals surface area contributed by atoms with Crippen LogP contribution in [0.3, 0.4) is 0 Å². The third-order valence-corrected chi connectivity index (χ3v) is 4.02. The van der Waals surface area contributed by atoms with Crippen LogP contribution >= 0.6 is 23.1 Å². The summed E-state index contributed by atoms with van der Waals surface area (Å²) in [5.74, 6) is 0. The van der Waals surface area contributed by atoms with Crippen LogP contribution in [0, 0.1) is 11.3 Å². The van der Waals surface area contributed by atoms with E-state index < -0.39 is 0 Å². The number of hydrogen-bond acceptors (Lipinski definition) is 8. The SMILES string of the molecule is COCCNc1nnc(Sc2ncccc2C#N)s1. The van der Waals surface area contributed by atoms with Crippen LogP contribution in [0.2, 0.25) is 0 Å². The number of rotatable bonds is 6. The van der Waals surface area contributed by atoms with Gasteiger partial charge in [0, 0.05) is 19.9 Å². The van der Waals surface area contributed by atoms with Crippen LogP contribution in [-0.4, -0.2) is 35.4 Å². The molecule has 0 unspecified atom stereocenters. The molecular weight excluding hydrogens is 282 g/mol. The molecule has 19 heavy (non-hydrogen) atoms. The number of aromatic nitrogens is 3. The van der Waals surface area contributed by atoms with Crippen LogP contribution < -0.4 is 5.32 Å². The van der Waals surface area contributed by atoms with E-state index in [4.69, 9.17) is 10.00 Å². The quantitative estimate of drug-likeness (QED) is 0.815. The summed E-state index contributed by atoms with van der Waals surface area (Å²) in [6, 6.07) is 5.57. The van der Waals surface area contributed by atoms with Gasteiger partial charge in [-0.3, -0.25) is 0 Å². The Bertz CT molecular complexity index is 580. The molecule has 98 valence electrons. The van der Waals surface area contributed by atoms with Gasteiger partial charge in [0.25, 0.3) is 0 Å². The lowest BCUT2D eigenvalue weighted by Gasteiger charge is -1.99. The molecule has 0 bridgehead atoms. The Morgan fingerprint density at radius 2 is 2.42 bits per heavy atom. The largest absolute Gasteiger partial charge is 0.383 e. The van der Waals surface area contributed by atoms with Gasteiger partial charge in [0.1, 0.15) is 11.1 Å². The Kier molecular flexibility index (Phi) is 5.09. The first-order valence-electron chi connectivity index (χ1n) is 5.42. The summed E-state index contributed by atoms with van der Waals surface area (Å²) in [5, 5.41) is 21.5. The molecule has 0 aliphatic heterocycles. The highest BCUT2D eigenvalue weighted by Gasteiger charge is 2.09. The van der Waals surface area contributed by atoms with E-state index in [1.54, 1.807) is 25.4 Å². The van der Waals surface area contributed by atoms with Gasteiger partial charge >= 0.3 is 0 Å². The first-order chi connectivity index (χ1) is 9.33. The minimum Gasteiger partial charge on any atom is -0.383 e. The van der Waals surface area contributed by atoms with Crippen molar-refractivity contribution in [1.29, 1.82) is 5.26 Å². The second-order valence-electron chi connectivity index (χ2n) is 3.36. The topological polar surface area (TPSA) is 83.7 Å². The molecule has 2 heterocycles. The zero-order valence-electron chi connectivity index (χ0n) is 10.2. The Morgan fingerprint density at radius 3 is 3.21 bits per heavy atom. The zero-order chi connectivity index (χ0) is 13.5. The van der Waals surface area contributed by atoms with E-state index >= 15 is 0 Å². The smallest absolute Gasteiger partial charge is 0.206 e. The fraction of sp³-hybridized carbons (Fsp3) is 0.273. The maximum Gasteiger partial charge on any atom is 0.206 e. The molecule has 0 aliphatic carbocycles. The number of nitrogens with zero attached hydrogens (tertiary/aromatic N) is 4. The van der Waals surface area contributed by atoms with E-state index in [2.05, 4.69) is 26.6 Å². The third-order valence-electron chi connectivity index (χ3n) is 2.06. The molecule has 6 nitrogen and oxygen atoms in total. The lowest BCUT2D eigenvalue weighted by Crippen LogP contribution is -2.06. The molecule has 0 aliphatic rings. The van der Waals surface area contributed by atoms with Crippen molar-refractivity contribution in [1.82, 2.24) is 15.2 Å². The van der Waals surface area contributed by atoms with Gasteiger partial charge in [-0.15, -0.1) is 10.2 Å². The zero-order valence-corrected chi connectivity index (χ0v) is 11.8. The summed E-state index contributed by atoms with van der Waals surface area (Å²) in [4.78, 5) is 4.17. The Hall–Kier alpha value is -1.69. The maximum atomic E-state index is 8.98. The number of methoxy groups -OCH3 is 1. The number of pyridine rings is 1. The molecule has 0 atom stereocenters. The fourth-order valence-corrected chi connectivity index (χ4v) is 2.95. The molecule has 0 saturated heterocycles. The predicted molar refractivity (Wildman–Crippen MR) is 73.3 cm³/mol. The number of anilines is 1. The molecular formula is C11H11N5OS2. The molecule has 0 spiro atoms. The average molecular weight is 293 g/mol. The van der Waals surface area contributed by atoms with Gasteiger partial charge < -0.3 is 10.1 Å². The van der Waals surface area contributed by atoms with Crippen molar-refractivity contribution in [3.8, 4) is 6.07 Å². The van der Waals surface area contributed by atoms with Crippen molar-refractivity contribution >= 4 is 28.2 Å². The molecule has 2 rings (SSSR count). The van der Waals surface area contributed by atoms with E-state index in [0.29, 0.717) is 23.7 Å². The van der Waals surface area contributed by atoms with Crippen molar-refractivity contribution in [2.24, 2.45) is 0 Å². The Labute approximate surface area is 118 Å². The van der Waals surface area contributed by atoms with E-state index in [-0.39, 0.29) is 0 Å². The van der Waals surface area contributed by atoms with Gasteiger partial charge in [0.15, 0.2) is 4.34 Å². The minimum atomic E-state index is 0.539. The second-order valence-corrected chi connectivity index (χ2v) is 5.58. The highest BCUT2D eigenvalue weighted by atomic mass is 32.2. The molecule has 1 N–H and O–H groups in total. The van der Waals surface area contributed by atoms with Gasteiger partial charge in [-0.25, -0.2) is 4.98 Å². The third kappa shape index (κ3) is 3.89. The Balaban J connectivity index is 2.02. The molecule has 2 aromatic heterocycles. The van der Waals surface area contributed by atoms with E-state index in [1.807, 2.05) is 0 Å². The first kappa shape index (κ1) is 13.7. The maximum absolute atomic E-state index is 8.98. The van der Waals surface area contributed by atoms with E-state index in [9.17, 15) is 0 Å². The molecule has 0 fully saturated rings. The number of ether oxygens (including phenoxy) is 1. The highest BCUT2D eigenvalue weighted by molar-refractivity contribution is 8.01.